The number of anilines is 1. The van der Waals surface area contributed by atoms with Crippen molar-refractivity contribution >= 4 is 11.6 Å². The molecule has 0 aromatic heterocycles. The van der Waals surface area contributed by atoms with Gasteiger partial charge < -0.3 is 16.2 Å². The van der Waals surface area contributed by atoms with Crippen LogP contribution in [0.4, 0.5) is 18.9 Å². The van der Waals surface area contributed by atoms with Gasteiger partial charge in [0, 0.05) is 12.2 Å². The Bertz CT molecular complexity index is 419. The smallest absolute Gasteiger partial charge is 0.390 e. The maximum Gasteiger partial charge on any atom is 0.390 e. The van der Waals surface area contributed by atoms with Crippen LogP contribution in [0.15, 0.2) is 18.2 Å². The van der Waals surface area contributed by atoms with Crippen LogP contribution in [0.5, 0.6) is 5.75 Å². The third kappa shape index (κ3) is 4.21. The zero-order valence-corrected chi connectivity index (χ0v) is 8.71. The molecule has 0 fully saturated rings. The summed E-state index contributed by atoms with van der Waals surface area (Å²) in [5.74, 6) is -0.928. The van der Waals surface area contributed by atoms with E-state index in [9.17, 15) is 18.0 Å². The van der Waals surface area contributed by atoms with E-state index in [1.54, 1.807) is 0 Å². The molecule has 0 radical (unpaired) electrons. The van der Waals surface area contributed by atoms with E-state index in [0.717, 1.165) is 6.07 Å². The minimum atomic E-state index is -4.32. The van der Waals surface area contributed by atoms with E-state index < -0.39 is 25.0 Å². The molecule has 0 aliphatic rings. The van der Waals surface area contributed by atoms with E-state index in [4.69, 9.17) is 10.8 Å². The maximum atomic E-state index is 11.8. The number of carbonyl (C=O) groups is 1. The van der Waals surface area contributed by atoms with Crippen LogP contribution in [-0.4, -0.2) is 23.7 Å². The van der Waals surface area contributed by atoms with Gasteiger partial charge in [0.25, 0.3) is 5.91 Å². The van der Waals surface area contributed by atoms with Gasteiger partial charge in [0.15, 0.2) is 0 Å². The largest absolute Gasteiger partial charge is 0.508 e. The first-order valence-electron chi connectivity index (χ1n) is 4.73. The van der Waals surface area contributed by atoms with Crippen molar-refractivity contribution < 1.29 is 23.1 Å². The lowest BCUT2D eigenvalue weighted by atomic mass is 10.1. The molecular formula is C10H11F3N2O2. The summed E-state index contributed by atoms with van der Waals surface area (Å²) in [5, 5.41) is 11.2. The van der Waals surface area contributed by atoms with E-state index in [0.29, 0.717) is 0 Å². The number of benzene rings is 1. The molecule has 0 atom stereocenters. The van der Waals surface area contributed by atoms with Crippen LogP contribution in [0.3, 0.4) is 0 Å². The third-order valence-corrected chi connectivity index (χ3v) is 1.98. The fraction of sp³-hybridized carbons (Fsp3) is 0.300. The molecule has 0 unspecified atom stereocenters. The van der Waals surface area contributed by atoms with Gasteiger partial charge in [0.1, 0.15) is 5.75 Å². The Balaban J connectivity index is 2.61. The van der Waals surface area contributed by atoms with E-state index in [1.165, 1.54) is 12.1 Å². The lowest BCUT2D eigenvalue weighted by molar-refractivity contribution is -0.132. The SMILES string of the molecule is Nc1ccc(O)cc1C(=O)NCCC(F)(F)F. The van der Waals surface area contributed by atoms with Crippen LogP contribution < -0.4 is 11.1 Å². The third-order valence-electron chi connectivity index (χ3n) is 1.98. The highest BCUT2D eigenvalue weighted by atomic mass is 19.4. The molecular weight excluding hydrogens is 237 g/mol. The fourth-order valence-corrected chi connectivity index (χ4v) is 1.15. The molecule has 4 N–H and O–H groups in total. The zero-order valence-electron chi connectivity index (χ0n) is 8.71. The van der Waals surface area contributed by atoms with Gasteiger partial charge in [-0.15, -0.1) is 0 Å². The number of hydrogen-bond donors (Lipinski definition) is 3. The number of carbonyl (C=O) groups excluding carboxylic acids is 1. The molecule has 0 spiro atoms. The monoisotopic (exact) mass is 248 g/mol. The first kappa shape index (κ1) is 13.1. The van der Waals surface area contributed by atoms with Gasteiger partial charge in [-0.3, -0.25) is 4.79 Å². The van der Waals surface area contributed by atoms with Crippen molar-refractivity contribution in [3.05, 3.63) is 23.8 Å². The molecule has 4 nitrogen and oxygen atoms in total. The van der Waals surface area contributed by atoms with E-state index in [-0.39, 0.29) is 17.0 Å². The average molecular weight is 248 g/mol. The Morgan fingerprint density at radius 3 is 2.65 bits per heavy atom. The Morgan fingerprint density at radius 2 is 2.06 bits per heavy atom. The van der Waals surface area contributed by atoms with Crippen LogP contribution in [0.25, 0.3) is 0 Å². The van der Waals surface area contributed by atoms with Crippen molar-refractivity contribution in [2.75, 3.05) is 12.3 Å². The molecule has 0 saturated carbocycles. The number of aromatic hydroxyl groups is 1. The van der Waals surface area contributed by atoms with E-state index in [1.807, 2.05) is 0 Å². The van der Waals surface area contributed by atoms with Gasteiger partial charge in [-0.2, -0.15) is 13.2 Å². The van der Waals surface area contributed by atoms with Gasteiger partial charge in [-0.25, -0.2) is 0 Å². The molecule has 0 aliphatic heterocycles. The number of nitrogens with two attached hydrogens (primary N) is 1. The zero-order chi connectivity index (χ0) is 13.1. The number of phenols is 1. The normalized spacial score (nSPS) is 11.2. The highest BCUT2D eigenvalue weighted by Gasteiger charge is 2.26. The quantitative estimate of drug-likeness (QED) is 0.562. The van der Waals surface area contributed by atoms with Crippen molar-refractivity contribution in [1.29, 1.82) is 0 Å². The second kappa shape index (κ2) is 4.94. The first-order valence-corrected chi connectivity index (χ1v) is 4.73. The standard InChI is InChI=1S/C10H11F3N2O2/c11-10(12,13)3-4-15-9(17)7-5-6(16)1-2-8(7)14/h1-2,5,16H,3-4,14H2,(H,15,17). The summed E-state index contributed by atoms with van der Waals surface area (Å²) in [6.45, 7) is -0.530. The van der Waals surface area contributed by atoms with E-state index in [2.05, 4.69) is 5.32 Å². The number of nitrogens with one attached hydrogen (secondary N) is 1. The van der Waals surface area contributed by atoms with Gasteiger partial charge in [-0.1, -0.05) is 0 Å². The number of halogens is 3. The average Bonchev–Trinajstić information content (AvgIpc) is 2.19. The summed E-state index contributed by atoms with van der Waals surface area (Å²) in [6, 6.07) is 3.67. The molecule has 0 bridgehead atoms. The summed E-state index contributed by atoms with van der Waals surface area (Å²) in [4.78, 5) is 11.4. The summed E-state index contributed by atoms with van der Waals surface area (Å²) >= 11 is 0. The van der Waals surface area contributed by atoms with Gasteiger partial charge >= 0.3 is 6.18 Å². The molecule has 1 aromatic carbocycles. The number of phenolic OH excluding ortho intramolecular Hbond substituents is 1. The molecule has 1 amide bonds. The Labute approximate surface area is 95.2 Å². The van der Waals surface area contributed by atoms with Crippen LogP contribution in [0, 0.1) is 0 Å². The Hall–Kier alpha value is -1.92. The number of nitrogen functional groups attached to an aromatic ring is 1. The summed E-state index contributed by atoms with van der Waals surface area (Å²) < 4.78 is 35.5. The number of amides is 1. The lowest BCUT2D eigenvalue weighted by Crippen LogP contribution is -2.28. The van der Waals surface area contributed by atoms with Gasteiger partial charge in [0.05, 0.1) is 12.0 Å². The van der Waals surface area contributed by atoms with Crippen molar-refractivity contribution in [1.82, 2.24) is 5.32 Å². The molecule has 17 heavy (non-hydrogen) atoms. The Kier molecular flexibility index (Phi) is 3.82. The predicted octanol–water partition coefficient (Wildman–Crippen LogP) is 1.66. The van der Waals surface area contributed by atoms with Crippen LogP contribution >= 0.6 is 0 Å². The maximum absolute atomic E-state index is 11.8. The molecule has 0 heterocycles. The summed E-state index contributed by atoms with van der Waals surface area (Å²) in [7, 11) is 0. The topological polar surface area (TPSA) is 75.3 Å². The van der Waals surface area contributed by atoms with Gasteiger partial charge in [0.2, 0.25) is 0 Å². The van der Waals surface area contributed by atoms with Crippen molar-refractivity contribution in [3.8, 4) is 5.75 Å². The molecule has 94 valence electrons. The minimum Gasteiger partial charge on any atom is -0.508 e. The van der Waals surface area contributed by atoms with Gasteiger partial charge in [-0.05, 0) is 18.2 Å². The summed E-state index contributed by atoms with van der Waals surface area (Å²) in [6.07, 6.45) is -5.44. The molecule has 0 aliphatic carbocycles. The molecule has 1 aromatic rings. The van der Waals surface area contributed by atoms with Crippen molar-refractivity contribution in [2.45, 2.75) is 12.6 Å². The van der Waals surface area contributed by atoms with Crippen LogP contribution in [-0.2, 0) is 0 Å². The predicted molar refractivity (Wildman–Crippen MR) is 55.5 cm³/mol. The first-order chi connectivity index (χ1) is 7.79. The second-order valence-corrected chi connectivity index (χ2v) is 3.39. The molecule has 1 rings (SSSR count). The lowest BCUT2D eigenvalue weighted by Gasteiger charge is -2.09. The molecule has 0 saturated heterocycles. The van der Waals surface area contributed by atoms with Crippen LogP contribution in [0.1, 0.15) is 16.8 Å². The van der Waals surface area contributed by atoms with Crippen molar-refractivity contribution in [2.24, 2.45) is 0 Å². The number of rotatable bonds is 3. The second-order valence-electron chi connectivity index (χ2n) is 3.39. The van der Waals surface area contributed by atoms with E-state index >= 15 is 0 Å². The fourth-order valence-electron chi connectivity index (χ4n) is 1.15. The van der Waals surface area contributed by atoms with Crippen molar-refractivity contribution in [3.63, 3.8) is 0 Å². The highest BCUT2D eigenvalue weighted by molar-refractivity contribution is 5.99. The summed E-state index contributed by atoms with van der Waals surface area (Å²) in [5.41, 5.74) is 5.49. The molecule has 7 heteroatoms. The van der Waals surface area contributed by atoms with Crippen LogP contribution in [0.2, 0.25) is 0 Å². The Morgan fingerprint density at radius 1 is 1.41 bits per heavy atom. The number of hydrogen-bond acceptors (Lipinski definition) is 3. The number of alkyl halides is 3. The minimum absolute atomic E-state index is 0.0489. The highest BCUT2D eigenvalue weighted by Crippen LogP contribution is 2.20.